The number of alkyl carbamates (subject to hydrolysis) is 1. The van der Waals surface area contributed by atoms with Crippen molar-refractivity contribution in [3.05, 3.63) is 0 Å². The fraction of sp³-hybridized carbons (Fsp3) is 0.667. The molecule has 0 aliphatic heterocycles. The van der Waals surface area contributed by atoms with Crippen LogP contribution < -0.4 is 5.32 Å². The van der Waals surface area contributed by atoms with Gasteiger partial charge in [0.05, 0.1) is 25.0 Å². The number of ether oxygens (including phenoxy) is 2. The Hall–Kier alpha value is -2.12. The Balaban J connectivity index is 2.72. The Morgan fingerprint density at radius 2 is 1.65 bits per heavy atom. The molecule has 1 aliphatic carbocycles. The Labute approximate surface area is 115 Å². The first-order valence-corrected chi connectivity index (χ1v) is 5.93. The zero-order chi connectivity index (χ0) is 15.7. The van der Waals surface area contributed by atoms with E-state index in [2.05, 4.69) is 10.1 Å². The van der Waals surface area contributed by atoms with E-state index in [1.807, 2.05) is 0 Å². The van der Waals surface area contributed by atoms with Crippen molar-refractivity contribution in [3.63, 3.8) is 0 Å². The van der Waals surface area contributed by atoms with Crippen LogP contribution in [0.1, 0.15) is 20.8 Å². The van der Waals surface area contributed by atoms with Gasteiger partial charge in [0.2, 0.25) is 5.78 Å². The minimum Gasteiger partial charge on any atom is -0.475 e. The topological polar surface area (TPSA) is 119 Å². The van der Waals surface area contributed by atoms with Crippen LogP contribution in [0.3, 0.4) is 0 Å². The Morgan fingerprint density at radius 3 is 2.05 bits per heavy atom. The van der Waals surface area contributed by atoms with Crippen molar-refractivity contribution < 1.29 is 33.8 Å². The molecule has 0 saturated heterocycles. The normalized spacial score (nSPS) is 24.5. The predicted octanol–water partition coefficient (Wildman–Crippen LogP) is -0.0476. The lowest BCUT2D eigenvalue weighted by Crippen LogP contribution is -2.36. The van der Waals surface area contributed by atoms with Crippen LogP contribution in [0.15, 0.2) is 0 Å². The molecule has 8 nitrogen and oxygen atoms in total. The third-order valence-corrected chi connectivity index (χ3v) is 2.69. The van der Waals surface area contributed by atoms with E-state index in [4.69, 9.17) is 9.84 Å². The summed E-state index contributed by atoms with van der Waals surface area (Å²) < 4.78 is 9.45. The summed E-state index contributed by atoms with van der Waals surface area (Å²) in [5, 5.41) is 11.0. The number of hydrogen-bond donors (Lipinski definition) is 2. The first kappa shape index (κ1) is 15.9. The SMILES string of the molecule is COC(=O)[C@@H]1[C@@H](NC(=O)OC(C)(C)C)[C@H]1C(=O)C(=O)O. The minimum absolute atomic E-state index is 0.744. The van der Waals surface area contributed by atoms with Crippen LogP contribution in [0.25, 0.3) is 0 Å². The number of amides is 1. The molecule has 1 rings (SSSR count). The summed E-state index contributed by atoms with van der Waals surface area (Å²) in [5.41, 5.74) is -0.744. The molecule has 0 spiro atoms. The van der Waals surface area contributed by atoms with Gasteiger partial charge in [-0.2, -0.15) is 0 Å². The monoisotopic (exact) mass is 287 g/mol. The number of hydrogen-bond acceptors (Lipinski definition) is 6. The summed E-state index contributed by atoms with van der Waals surface area (Å²) in [6.45, 7) is 4.95. The number of nitrogens with one attached hydrogen (secondary N) is 1. The van der Waals surface area contributed by atoms with E-state index in [9.17, 15) is 19.2 Å². The highest BCUT2D eigenvalue weighted by Crippen LogP contribution is 2.41. The largest absolute Gasteiger partial charge is 0.475 e. The number of ketones is 1. The zero-order valence-electron chi connectivity index (χ0n) is 11.6. The molecule has 1 saturated carbocycles. The van der Waals surface area contributed by atoms with Crippen molar-refractivity contribution in [2.45, 2.75) is 32.4 Å². The van der Waals surface area contributed by atoms with E-state index < -0.39 is 47.3 Å². The van der Waals surface area contributed by atoms with Gasteiger partial charge in [-0.15, -0.1) is 0 Å². The first-order chi connectivity index (χ1) is 9.08. The average Bonchev–Trinajstić information content (AvgIpc) is 2.97. The lowest BCUT2D eigenvalue weighted by Gasteiger charge is -2.19. The maximum atomic E-state index is 11.6. The van der Waals surface area contributed by atoms with Crippen molar-refractivity contribution in [3.8, 4) is 0 Å². The second-order valence-corrected chi connectivity index (χ2v) is 5.42. The fourth-order valence-electron chi connectivity index (χ4n) is 1.83. The quantitative estimate of drug-likeness (QED) is 0.549. The fourth-order valence-corrected chi connectivity index (χ4v) is 1.83. The van der Waals surface area contributed by atoms with Gasteiger partial charge in [-0.1, -0.05) is 0 Å². The van der Waals surface area contributed by atoms with Gasteiger partial charge in [0.25, 0.3) is 0 Å². The van der Waals surface area contributed by atoms with Crippen LogP contribution in [0, 0.1) is 11.8 Å². The molecule has 0 radical (unpaired) electrons. The van der Waals surface area contributed by atoms with E-state index in [1.54, 1.807) is 20.8 Å². The highest BCUT2D eigenvalue weighted by atomic mass is 16.6. The van der Waals surface area contributed by atoms with Gasteiger partial charge in [-0.05, 0) is 20.8 Å². The van der Waals surface area contributed by atoms with E-state index in [0.29, 0.717) is 0 Å². The standard InChI is InChI=1S/C12H17NO7/c1-12(2,3)20-11(18)13-7-5(8(14)9(15)16)6(7)10(17)19-4/h5-7H,1-4H3,(H,13,18)(H,15,16)/t5-,6-,7-/m0/s1. The molecule has 1 amide bonds. The molecule has 3 atom stereocenters. The smallest absolute Gasteiger partial charge is 0.407 e. The summed E-state index contributed by atoms with van der Waals surface area (Å²) in [4.78, 5) is 45.1. The van der Waals surface area contributed by atoms with E-state index in [0.717, 1.165) is 7.11 Å². The minimum atomic E-state index is -1.66. The average molecular weight is 287 g/mol. The Kier molecular flexibility index (Phi) is 4.36. The van der Waals surface area contributed by atoms with E-state index in [1.165, 1.54) is 0 Å². The Morgan fingerprint density at radius 1 is 1.10 bits per heavy atom. The third kappa shape index (κ3) is 3.69. The molecule has 0 aromatic carbocycles. The molecular weight excluding hydrogens is 270 g/mol. The molecular formula is C12H17NO7. The second kappa shape index (κ2) is 5.48. The molecule has 1 aliphatic rings. The molecule has 8 heteroatoms. The lowest BCUT2D eigenvalue weighted by molar-refractivity contribution is -0.150. The summed E-state index contributed by atoms with van der Waals surface area (Å²) in [7, 11) is 1.12. The van der Waals surface area contributed by atoms with E-state index in [-0.39, 0.29) is 0 Å². The summed E-state index contributed by atoms with van der Waals surface area (Å²) >= 11 is 0. The van der Waals surface area contributed by atoms with Gasteiger partial charge in [-0.25, -0.2) is 9.59 Å². The second-order valence-electron chi connectivity index (χ2n) is 5.42. The van der Waals surface area contributed by atoms with Gasteiger partial charge >= 0.3 is 18.0 Å². The maximum absolute atomic E-state index is 11.6. The van der Waals surface area contributed by atoms with Crippen molar-refractivity contribution in [1.82, 2.24) is 5.32 Å². The lowest BCUT2D eigenvalue weighted by atomic mass is 10.2. The number of carbonyl (C=O) groups is 4. The van der Waals surface area contributed by atoms with Crippen LogP contribution in [0.5, 0.6) is 0 Å². The number of aliphatic carboxylic acids is 1. The summed E-state index contributed by atoms with van der Waals surface area (Å²) in [6, 6.07) is -0.916. The number of esters is 1. The number of carboxylic acid groups (broad SMARTS) is 1. The van der Waals surface area contributed by atoms with Gasteiger partial charge in [0.1, 0.15) is 5.60 Å². The van der Waals surface area contributed by atoms with E-state index >= 15 is 0 Å². The molecule has 0 unspecified atom stereocenters. The third-order valence-electron chi connectivity index (χ3n) is 2.69. The highest BCUT2D eigenvalue weighted by molar-refractivity contribution is 6.35. The summed E-state index contributed by atoms with van der Waals surface area (Å²) in [5.74, 6) is -5.65. The van der Waals surface area contributed by atoms with Crippen LogP contribution in [-0.2, 0) is 23.9 Å². The molecule has 112 valence electrons. The maximum Gasteiger partial charge on any atom is 0.407 e. The number of Topliss-reactive ketones (excluding diaryl/α,β-unsaturated/α-hetero) is 1. The van der Waals surface area contributed by atoms with Crippen LogP contribution >= 0.6 is 0 Å². The van der Waals surface area contributed by atoms with Crippen molar-refractivity contribution >= 4 is 23.8 Å². The molecule has 0 heterocycles. The molecule has 0 aromatic heterocycles. The van der Waals surface area contributed by atoms with Crippen molar-refractivity contribution in [2.75, 3.05) is 7.11 Å². The van der Waals surface area contributed by atoms with Crippen LogP contribution in [-0.4, -0.2) is 47.7 Å². The number of methoxy groups -OCH3 is 1. The molecule has 20 heavy (non-hydrogen) atoms. The molecule has 2 N–H and O–H groups in total. The van der Waals surface area contributed by atoms with Crippen molar-refractivity contribution in [2.24, 2.45) is 11.8 Å². The van der Waals surface area contributed by atoms with Gasteiger partial charge < -0.3 is 19.9 Å². The predicted molar refractivity (Wildman–Crippen MR) is 64.8 cm³/mol. The van der Waals surface area contributed by atoms with Gasteiger partial charge in [0, 0.05) is 0 Å². The molecule has 0 aromatic rings. The number of carbonyl (C=O) groups excluding carboxylic acids is 3. The Bertz CT molecular complexity index is 451. The van der Waals surface area contributed by atoms with Crippen LogP contribution in [0.2, 0.25) is 0 Å². The highest BCUT2D eigenvalue weighted by Gasteiger charge is 2.62. The van der Waals surface area contributed by atoms with Crippen LogP contribution in [0.4, 0.5) is 4.79 Å². The van der Waals surface area contributed by atoms with Gasteiger partial charge in [-0.3, -0.25) is 9.59 Å². The summed E-state index contributed by atoms with van der Waals surface area (Å²) in [6.07, 6.45) is -0.822. The first-order valence-electron chi connectivity index (χ1n) is 5.93. The zero-order valence-corrected chi connectivity index (χ0v) is 11.6. The number of carboxylic acids is 1. The number of rotatable bonds is 4. The molecule has 1 fully saturated rings. The van der Waals surface area contributed by atoms with Gasteiger partial charge in [0.15, 0.2) is 0 Å². The molecule has 0 bridgehead atoms. The van der Waals surface area contributed by atoms with Crippen molar-refractivity contribution in [1.29, 1.82) is 0 Å².